The smallest absolute Gasteiger partial charge is 0.248 e. The van der Waals surface area contributed by atoms with E-state index in [4.69, 9.17) is 4.74 Å². The molecule has 0 bridgehead atoms. The largest absolute Gasteiger partial charge is 0.381 e. The minimum atomic E-state index is -0.552. The minimum absolute atomic E-state index is 0.0539. The van der Waals surface area contributed by atoms with Crippen molar-refractivity contribution >= 4 is 5.91 Å². The van der Waals surface area contributed by atoms with Crippen LogP contribution < -0.4 is 10.9 Å². The van der Waals surface area contributed by atoms with Gasteiger partial charge in [0.25, 0.3) is 0 Å². The van der Waals surface area contributed by atoms with Gasteiger partial charge in [-0.15, -0.1) is 0 Å². The maximum absolute atomic E-state index is 13.6. The predicted octanol–water partition coefficient (Wildman–Crippen LogP) is 2.93. The number of pyridine rings is 1. The molecule has 2 heterocycles. The zero-order valence-electron chi connectivity index (χ0n) is 15.7. The fourth-order valence-electron chi connectivity index (χ4n) is 4.60. The maximum Gasteiger partial charge on any atom is 0.248 e. The summed E-state index contributed by atoms with van der Waals surface area (Å²) in [5, 5.41) is 3.31. The summed E-state index contributed by atoms with van der Waals surface area (Å²) in [6.45, 7) is 3.26. The zero-order valence-corrected chi connectivity index (χ0v) is 15.7. The fraction of sp³-hybridized carbons (Fsp3) is 0.455. The van der Waals surface area contributed by atoms with Crippen molar-refractivity contribution in [2.24, 2.45) is 0 Å². The number of hydrogen-bond acceptors (Lipinski definition) is 3. The lowest BCUT2D eigenvalue weighted by Crippen LogP contribution is -2.49. The second kappa shape index (κ2) is 7.31. The monoisotopic (exact) mass is 366 g/mol. The summed E-state index contributed by atoms with van der Waals surface area (Å²) in [4.78, 5) is 28.1. The molecule has 1 aromatic carbocycles. The number of carbonyl (C=O) groups is 1. The van der Waals surface area contributed by atoms with E-state index in [2.05, 4.69) is 29.4 Å². The molecule has 5 heteroatoms. The molecule has 1 aliphatic carbocycles. The first-order valence-corrected chi connectivity index (χ1v) is 9.77. The molecule has 0 radical (unpaired) electrons. The Morgan fingerprint density at radius 2 is 1.96 bits per heavy atom. The predicted molar refractivity (Wildman–Crippen MR) is 104 cm³/mol. The molecule has 4 rings (SSSR count). The van der Waals surface area contributed by atoms with Gasteiger partial charge in [-0.1, -0.05) is 24.3 Å². The quantitative estimate of drug-likeness (QED) is 0.877. The van der Waals surface area contributed by atoms with Crippen molar-refractivity contribution in [2.45, 2.75) is 50.5 Å². The van der Waals surface area contributed by atoms with Crippen LogP contribution in [0, 0.1) is 6.92 Å². The minimum Gasteiger partial charge on any atom is -0.381 e. The van der Waals surface area contributed by atoms with Crippen molar-refractivity contribution < 1.29 is 9.53 Å². The molecule has 1 atom stereocenters. The molecule has 0 spiro atoms. The lowest BCUT2D eigenvalue weighted by molar-refractivity contribution is -0.131. The molecular formula is C22H26N2O3. The summed E-state index contributed by atoms with van der Waals surface area (Å²) in [7, 11) is 0. The molecule has 1 unspecified atom stereocenters. The highest BCUT2D eigenvalue weighted by atomic mass is 16.5. The Labute approximate surface area is 159 Å². The van der Waals surface area contributed by atoms with Crippen molar-refractivity contribution in [2.75, 3.05) is 13.2 Å². The van der Waals surface area contributed by atoms with Crippen LogP contribution in [0.5, 0.6) is 0 Å². The number of ether oxygens (including phenoxy) is 1. The number of amides is 1. The van der Waals surface area contributed by atoms with Crippen molar-refractivity contribution in [3.63, 3.8) is 0 Å². The molecule has 2 N–H and O–H groups in total. The highest BCUT2D eigenvalue weighted by Crippen LogP contribution is 2.38. The van der Waals surface area contributed by atoms with Crippen LogP contribution in [0.3, 0.4) is 0 Å². The summed E-state index contributed by atoms with van der Waals surface area (Å²) in [6, 6.07) is 11.5. The number of carbonyl (C=O) groups excluding carboxylic acids is 1. The van der Waals surface area contributed by atoms with Crippen LogP contribution in [-0.4, -0.2) is 24.1 Å². The zero-order chi connectivity index (χ0) is 18.9. The van der Waals surface area contributed by atoms with E-state index in [0.29, 0.717) is 26.1 Å². The Kier molecular flexibility index (Phi) is 4.87. The molecule has 1 fully saturated rings. The number of benzene rings is 1. The number of aromatic nitrogens is 1. The molecular weight excluding hydrogens is 340 g/mol. The molecule has 142 valence electrons. The van der Waals surface area contributed by atoms with Gasteiger partial charge >= 0.3 is 0 Å². The van der Waals surface area contributed by atoms with E-state index in [9.17, 15) is 9.59 Å². The van der Waals surface area contributed by atoms with E-state index in [1.165, 1.54) is 0 Å². The van der Waals surface area contributed by atoms with Gasteiger partial charge in [-0.05, 0) is 61.8 Å². The van der Waals surface area contributed by atoms with Crippen molar-refractivity contribution in [3.05, 3.63) is 69.1 Å². The Bertz CT molecular complexity index is 896. The third-order valence-electron chi connectivity index (χ3n) is 6.08. The lowest BCUT2D eigenvalue weighted by atomic mass is 9.71. The van der Waals surface area contributed by atoms with Crippen LogP contribution >= 0.6 is 0 Å². The van der Waals surface area contributed by atoms with E-state index in [-0.39, 0.29) is 17.5 Å². The number of fused-ring (bicyclic) bond motifs is 1. The number of aromatic amines is 1. The third-order valence-corrected chi connectivity index (χ3v) is 6.08. The van der Waals surface area contributed by atoms with E-state index in [1.807, 2.05) is 18.2 Å². The lowest BCUT2D eigenvalue weighted by Gasteiger charge is -2.39. The SMILES string of the molecule is Cc1ccccc1C1(C(=O)NC2CCCc3[nH]c(=O)ccc32)CCOCC1. The number of hydrogen-bond donors (Lipinski definition) is 2. The van der Waals surface area contributed by atoms with Crippen LogP contribution in [0.25, 0.3) is 0 Å². The van der Waals surface area contributed by atoms with Gasteiger partial charge in [0.15, 0.2) is 0 Å². The standard InChI is InChI=1S/C22H26N2O3/c1-15-5-2-3-6-17(15)22(11-13-27-14-12-22)21(26)24-19-8-4-7-18-16(19)9-10-20(25)23-18/h2-3,5-6,9-10,19H,4,7-8,11-14H2,1H3,(H,23,25)(H,24,26). The Balaban J connectivity index is 1.66. The van der Waals surface area contributed by atoms with E-state index < -0.39 is 5.41 Å². The first-order chi connectivity index (χ1) is 13.1. The summed E-state index contributed by atoms with van der Waals surface area (Å²) in [5.74, 6) is 0.0733. The fourth-order valence-corrected chi connectivity index (χ4v) is 4.60. The van der Waals surface area contributed by atoms with Gasteiger partial charge in [-0.3, -0.25) is 9.59 Å². The Morgan fingerprint density at radius 1 is 1.19 bits per heavy atom. The summed E-state index contributed by atoms with van der Waals surface area (Å²) >= 11 is 0. The number of H-pyrrole nitrogens is 1. The maximum atomic E-state index is 13.6. The van der Waals surface area contributed by atoms with Crippen molar-refractivity contribution in [1.29, 1.82) is 0 Å². The van der Waals surface area contributed by atoms with E-state index in [1.54, 1.807) is 6.07 Å². The molecule has 1 aliphatic heterocycles. The molecule has 1 amide bonds. The van der Waals surface area contributed by atoms with Crippen LogP contribution in [0.4, 0.5) is 0 Å². The number of nitrogens with one attached hydrogen (secondary N) is 2. The number of aryl methyl sites for hydroxylation is 2. The van der Waals surface area contributed by atoms with Crippen LogP contribution in [-0.2, 0) is 21.4 Å². The normalized spacial score (nSPS) is 21.3. The van der Waals surface area contributed by atoms with Gasteiger partial charge in [0.05, 0.1) is 11.5 Å². The van der Waals surface area contributed by atoms with Crippen molar-refractivity contribution in [1.82, 2.24) is 10.3 Å². The number of rotatable bonds is 3. The Hall–Kier alpha value is -2.40. The summed E-state index contributed by atoms with van der Waals surface area (Å²) in [6.07, 6.45) is 4.09. The van der Waals surface area contributed by atoms with E-state index in [0.717, 1.165) is 41.6 Å². The topological polar surface area (TPSA) is 71.2 Å². The molecule has 2 aliphatic rings. The van der Waals surface area contributed by atoms with E-state index >= 15 is 0 Å². The van der Waals surface area contributed by atoms with Gasteiger partial charge in [-0.2, -0.15) is 0 Å². The van der Waals surface area contributed by atoms with Gasteiger partial charge in [0, 0.05) is 25.0 Å². The van der Waals surface area contributed by atoms with Crippen molar-refractivity contribution in [3.8, 4) is 0 Å². The average molecular weight is 366 g/mol. The molecule has 0 saturated carbocycles. The highest BCUT2D eigenvalue weighted by molar-refractivity contribution is 5.89. The van der Waals surface area contributed by atoms with Gasteiger partial charge in [0.1, 0.15) is 0 Å². The first-order valence-electron chi connectivity index (χ1n) is 9.77. The van der Waals surface area contributed by atoms with Gasteiger partial charge in [0.2, 0.25) is 11.5 Å². The average Bonchev–Trinajstić information content (AvgIpc) is 2.68. The second-order valence-corrected chi connectivity index (χ2v) is 7.68. The molecule has 2 aromatic rings. The molecule has 1 saturated heterocycles. The molecule has 1 aromatic heterocycles. The first kappa shape index (κ1) is 18.0. The molecule has 5 nitrogen and oxygen atoms in total. The second-order valence-electron chi connectivity index (χ2n) is 7.68. The third kappa shape index (κ3) is 3.32. The van der Waals surface area contributed by atoms with Crippen LogP contribution in [0.1, 0.15) is 54.1 Å². The Morgan fingerprint density at radius 3 is 2.74 bits per heavy atom. The summed E-state index contributed by atoms with van der Waals surface area (Å²) < 4.78 is 5.58. The molecule has 27 heavy (non-hydrogen) atoms. The van der Waals surface area contributed by atoms with Gasteiger partial charge < -0.3 is 15.0 Å². The highest BCUT2D eigenvalue weighted by Gasteiger charge is 2.43. The van der Waals surface area contributed by atoms with Crippen LogP contribution in [0.15, 0.2) is 41.2 Å². The summed E-state index contributed by atoms with van der Waals surface area (Å²) in [5.41, 5.74) is 3.61. The van der Waals surface area contributed by atoms with Gasteiger partial charge in [-0.25, -0.2) is 0 Å². The van der Waals surface area contributed by atoms with Crippen LogP contribution in [0.2, 0.25) is 0 Å².